The summed E-state index contributed by atoms with van der Waals surface area (Å²) in [5.74, 6) is 0.354. The van der Waals surface area contributed by atoms with E-state index >= 15 is 0 Å². The Morgan fingerprint density at radius 2 is 2.29 bits per heavy atom. The number of ether oxygens (including phenoxy) is 2. The largest absolute Gasteiger partial charge is 0.507 e. The Hall–Kier alpha value is -1.55. The van der Waals surface area contributed by atoms with Crippen LogP contribution in [0.5, 0.6) is 11.5 Å². The summed E-state index contributed by atoms with van der Waals surface area (Å²) in [5, 5.41) is 9.50. The fourth-order valence-corrected chi connectivity index (χ4v) is 1.83. The average Bonchev–Trinajstić information content (AvgIpc) is 2.32. The molecule has 1 aliphatic rings. The van der Waals surface area contributed by atoms with Crippen LogP contribution in [0.1, 0.15) is 36.5 Å². The third-order valence-electron chi connectivity index (χ3n) is 2.75. The predicted octanol–water partition coefficient (Wildman–Crippen LogP) is 2.50. The first kappa shape index (κ1) is 11.9. The molecule has 1 aromatic carbocycles. The summed E-state index contributed by atoms with van der Waals surface area (Å²) in [6.07, 6.45) is 2.76. The van der Waals surface area contributed by atoms with Crippen LogP contribution in [-0.4, -0.2) is 23.8 Å². The molecule has 0 radical (unpaired) electrons. The van der Waals surface area contributed by atoms with Crippen molar-refractivity contribution in [2.75, 3.05) is 6.61 Å². The lowest BCUT2D eigenvalue weighted by atomic mass is 10.1. The molecule has 4 nitrogen and oxygen atoms in total. The second-order valence-corrected chi connectivity index (χ2v) is 4.15. The fraction of sp³-hybridized carbons (Fsp3) is 0.462. The summed E-state index contributed by atoms with van der Waals surface area (Å²) in [7, 11) is 0. The average molecular weight is 236 g/mol. The van der Waals surface area contributed by atoms with Gasteiger partial charge in [-0.3, -0.25) is 4.79 Å². The van der Waals surface area contributed by atoms with Crippen molar-refractivity contribution in [3.8, 4) is 11.5 Å². The SMILES string of the molecule is CC(=O)c1cc(O[C@@H]2CCCCO2)ccc1O. The lowest BCUT2D eigenvalue weighted by Crippen LogP contribution is -2.25. The van der Waals surface area contributed by atoms with Gasteiger partial charge >= 0.3 is 0 Å². The minimum absolute atomic E-state index is 0.0191. The molecule has 4 heteroatoms. The van der Waals surface area contributed by atoms with Crippen LogP contribution in [0, 0.1) is 0 Å². The molecule has 0 saturated carbocycles. The van der Waals surface area contributed by atoms with E-state index in [4.69, 9.17) is 9.47 Å². The number of benzene rings is 1. The fourth-order valence-electron chi connectivity index (χ4n) is 1.83. The minimum Gasteiger partial charge on any atom is -0.507 e. The van der Waals surface area contributed by atoms with Gasteiger partial charge in [-0.25, -0.2) is 0 Å². The molecule has 1 heterocycles. The molecule has 1 N–H and O–H groups in total. The summed E-state index contributed by atoms with van der Waals surface area (Å²) < 4.78 is 11.1. The van der Waals surface area contributed by atoms with Gasteiger partial charge in [-0.05, 0) is 38.0 Å². The Bertz CT molecular complexity index is 408. The summed E-state index contributed by atoms with van der Waals surface area (Å²) in [6.45, 7) is 2.12. The van der Waals surface area contributed by atoms with Crippen molar-refractivity contribution in [3.05, 3.63) is 23.8 Å². The van der Waals surface area contributed by atoms with Gasteiger partial charge in [-0.1, -0.05) is 0 Å². The van der Waals surface area contributed by atoms with E-state index in [1.165, 1.54) is 13.0 Å². The van der Waals surface area contributed by atoms with Gasteiger partial charge in [-0.15, -0.1) is 0 Å². The molecule has 1 aromatic rings. The summed E-state index contributed by atoms with van der Waals surface area (Å²) >= 11 is 0. The zero-order valence-electron chi connectivity index (χ0n) is 9.81. The van der Waals surface area contributed by atoms with Crippen molar-refractivity contribution in [2.24, 2.45) is 0 Å². The monoisotopic (exact) mass is 236 g/mol. The molecular weight excluding hydrogens is 220 g/mol. The van der Waals surface area contributed by atoms with E-state index < -0.39 is 0 Å². The standard InChI is InChI=1S/C13H16O4/c1-9(14)11-8-10(5-6-12(11)15)17-13-4-2-3-7-16-13/h5-6,8,13,15H,2-4,7H2,1H3/t13-/m1/s1. The van der Waals surface area contributed by atoms with E-state index in [9.17, 15) is 9.90 Å². The highest BCUT2D eigenvalue weighted by Crippen LogP contribution is 2.25. The smallest absolute Gasteiger partial charge is 0.199 e. The zero-order chi connectivity index (χ0) is 12.3. The first-order valence-corrected chi connectivity index (χ1v) is 5.79. The Morgan fingerprint density at radius 3 is 2.94 bits per heavy atom. The van der Waals surface area contributed by atoms with Crippen LogP contribution in [0.2, 0.25) is 0 Å². The molecule has 1 aliphatic heterocycles. The van der Waals surface area contributed by atoms with E-state index in [2.05, 4.69) is 0 Å². The number of phenolic OH excluding ortho intramolecular Hbond substituents is 1. The molecule has 1 atom stereocenters. The third-order valence-corrected chi connectivity index (χ3v) is 2.75. The minimum atomic E-state index is -0.242. The molecule has 0 amide bonds. The van der Waals surface area contributed by atoms with Crippen LogP contribution in [0.15, 0.2) is 18.2 Å². The van der Waals surface area contributed by atoms with E-state index in [0.29, 0.717) is 12.4 Å². The van der Waals surface area contributed by atoms with Gasteiger partial charge in [0.25, 0.3) is 0 Å². The van der Waals surface area contributed by atoms with Gasteiger partial charge in [0, 0.05) is 6.42 Å². The quantitative estimate of drug-likeness (QED) is 0.819. The molecule has 0 bridgehead atoms. The maximum Gasteiger partial charge on any atom is 0.199 e. The molecule has 92 valence electrons. The van der Waals surface area contributed by atoms with Gasteiger partial charge in [0.1, 0.15) is 11.5 Å². The Kier molecular flexibility index (Phi) is 3.64. The number of rotatable bonds is 3. The highest BCUT2D eigenvalue weighted by molar-refractivity contribution is 5.97. The van der Waals surface area contributed by atoms with Gasteiger partial charge in [0.15, 0.2) is 12.1 Å². The number of hydrogen-bond donors (Lipinski definition) is 1. The van der Waals surface area contributed by atoms with Crippen LogP contribution in [-0.2, 0) is 4.74 Å². The Balaban J connectivity index is 2.10. The topological polar surface area (TPSA) is 55.8 Å². The number of carbonyl (C=O) groups excluding carboxylic acids is 1. The van der Waals surface area contributed by atoms with Crippen molar-refractivity contribution in [1.29, 1.82) is 0 Å². The number of carbonyl (C=O) groups is 1. The van der Waals surface area contributed by atoms with Crippen LogP contribution >= 0.6 is 0 Å². The van der Waals surface area contributed by atoms with Crippen LogP contribution < -0.4 is 4.74 Å². The number of aromatic hydroxyl groups is 1. The van der Waals surface area contributed by atoms with Gasteiger partial charge in [0.05, 0.1) is 12.2 Å². The highest BCUT2D eigenvalue weighted by atomic mass is 16.7. The van der Waals surface area contributed by atoms with Crippen LogP contribution in [0.25, 0.3) is 0 Å². The maximum absolute atomic E-state index is 11.3. The van der Waals surface area contributed by atoms with Crippen molar-refractivity contribution < 1.29 is 19.4 Å². The van der Waals surface area contributed by atoms with Crippen LogP contribution in [0.3, 0.4) is 0 Å². The van der Waals surface area contributed by atoms with Crippen molar-refractivity contribution in [3.63, 3.8) is 0 Å². The second kappa shape index (κ2) is 5.19. The second-order valence-electron chi connectivity index (χ2n) is 4.15. The third kappa shape index (κ3) is 2.97. The number of Topliss-reactive ketones (excluding diaryl/α,β-unsaturated/α-hetero) is 1. The molecule has 2 rings (SSSR count). The predicted molar refractivity (Wildman–Crippen MR) is 62.3 cm³/mol. The van der Waals surface area contributed by atoms with Crippen molar-refractivity contribution >= 4 is 5.78 Å². The molecule has 1 saturated heterocycles. The first-order chi connectivity index (χ1) is 8.16. The zero-order valence-corrected chi connectivity index (χ0v) is 9.81. The van der Waals surface area contributed by atoms with Crippen molar-refractivity contribution in [1.82, 2.24) is 0 Å². The molecular formula is C13H16O4. The van der Waals surface area contributed by atoms with E-state index in [-0.39, 0.29) is 23.4 Å². The molecule has 0 unspecified atom stereocenters. The number of phenols is 1. The maximum atomic E-state index is 11.3. The van der Waals surface area contributed by atoms with E-state index in [1.807, 2.05) is 0 Å². The normalized spacial score (nSPS) is 19.9. The first-order valence-electron chi connectivity index (χ1n) is 5.79. The molecule has 0 aromatic heterocycles. The van der Waals surface area contributed by atoms with Gasteiger partial charge in [-0.2, -0.15) is 0 Å². The number of ketones is 1. The van der Waals surface area contributed by atoms with Gasteiger partial charge in [0.2, 0.25) is 0 Å². The summed E-state index contributed by atoms with van der Waals surface area (Å²) in [6, 6.07) is 4.66. The summed E-state index contributed by atoms with van der Waals surface area (Å²) in [4.78, 5) is 11.3. The molecule has 1 fully saturated rings. The Morgan fingerprint density at radius 1 is 1.47 bits per heavy atom. The van der Waals surface area contributed by atoms with Crippen molar-refractivity contribution in [2.45, 2.75) is 32.5 Å². The lowest BCUT2D eigenvalue weighted by molar-refractivity contribution is -0.105. The lowest BCUT2D eigenvalue weighted by Gasteiger charge is -2.23. The molecule has 0 spiro atoms. The van der Waals surface area contributed by atoms with E-state index in [1.54, 1.807) is 12.1 Å². The van der Waals surface area contributed by atoms with E-state index in [0.717, 1.165) is 19.3 Å². The molecule has 0 aliphatic carbocycles. The highest BCUT2D eigenvalue weighted by Gasteiger charge is 2.16. The Labute approximate surface area is 100 Å². The summed E-state index contributed by atoms with van der Waals surface area (Å²) in [5.41, 5.74) is 0.276. The van der Waals surface area contributed by atoms with Crippen LogP contribution in [0.4, 0.5) is 0 Å². The number of hydrogen-bond acceptors (Lipinski definition) is 4. The molecule has 17 heavy (non-hydrogen) atoms. The van der Waals surface area contributed by atoms with Gasteiger partial charge < -0.3 is 14.6 Å².